The highest BCUT2D eigenvalue weighted by molar-refractivity contribution is 9.10. The van der Waals surface area contributed by atoms with Gasteiger partial charge in [-0.05, 0) is 24.3 Å². The minimum absolute atomic E-state index is 0.891. The van der Waals surface area contributed by atoms with Gasteiger partial charge in [-0.3, -0.25) is 0 Å². The molecule has 1 aromatic carbocycles. The van der Waals surface area contributed by atoms with Crippen LogP contribution in [0.15, 0.2) is 41.3 Å². The molecule has 2 rings (SSSR count). The van der Waals surface area contributed by atoms with E-state index in [0.717, 1.165) is 16.0 Å². The second-order valence-electron chi connectivity index (χ2n) is 2.60. The molecule has 2 N–H and O–H groups in total. The average molecular weight is 238 g/mol. The molecule has 3 nitrogen and oxygen atoms in total. The number of imidazole rings is 1. The van der Waals surface area contributed by atoms with Crippen molar-refractivity contribution in [1.29, 1.82) is 0 Å². The van der Waals surface area contributed by atoms with Crippen LogP contribution < -0.4 is 5.32 Å². The Hall–Kier alpha value is -1.29. The summed E-state index contributed by atoms with van der Waals surface area (Å²) in [6, 6.07) is 7.95. The summed E-state index contributed by atoms with van der Waals surface area (Å²) in [6.45, 7) is 0. The second kappa shape index (κ2) is 3.62. The van der Waals surface area contributed by atoms with Crippen LogP contribution in [0.2, 0.25) is 0 Å². The third-order valence-electron chi connectivity index (χ3n) is 1.62. The van der Waals surface area contributed by atoms with Gasteiger partial charge in [0.2, 0.25) is 0 Å². The van der Waals surface area contributed by atoms with Crippen LogP contribution in [-0.2, 0) is 0 Å². The number of nitrogens with one attached hydrogen (secondary N) is 2. The zero-order valence-corrected chi connectivity index (χ0v) is 8.38. The van der Waals surface area contributed by atoms with Gasteiger partial charge >= 0.3 is 0 Å². The zero-order valence-electron chi connectivity index (χ0n) is 6.79. The molecule has 0 aliphatic heterocycles. The molecule has 13 heavy (non-hydrogen) atoms. The van der Waals surface area contributed by atoms with Crippen molar-refractivity contribution < 1.29 is 0 Å². The molecule has 1 aromatic heterocycles. The van der Waals surface area contributed by atoms with Gasteiger partial charge in [0.05, 0.1) is 12.5 Å². The Balaban J connectivity index is 2.15. The summed E-state index contributed by atoms with van der Waals surface area (Å²) in [5, 5.41) is 3.17. The van der Waals surface area contributed by atoms with E-state index < -0.39 is 0 Å². The third-order valence-corrected chi connectivity index (χ3v) is 2.15. The highest BCUT2D eigenvalue weighted by Gasteiger charge is 1.93. The van der Waals surface area contributed by atoms with Crippen molar-refractivity contribution in [2.45, 2.75) is 0 Å². The van der Waals surface area contributed by atoms with Gasteiger partial charge in [0.1, 0.15) is 5.82 Å². The van der Waals surface area contributed by atoms with Gasteiger partial charge in [-0.2, -0.15) is 0 Å². The number of anilines is 2. The number of hydrogen-bond acceptors (Lipinski definition) is 2. The molecule has 0 spiro atoms. The first kappa shape index (κ1) is 8.31. The minimum Gasteiger partial charge on any atom is -0.340 e. The molecule has 0 saturated heterocycles. The van der Waals surface area contributed by atoms with Crippen molar-refractivity contribution in [1.82, 2.24) is 9.97 Å². The van der Waals surface area contributed by atoms with E-state index in [1.807, 2.05) is 24.3 Å². The molecule has 0 unspecified atom stereocenters. The molecule has 0 aliphatic rings. The molecule has 0 atom stereocenters. The molecule has 0 fully saturated rings. The Bertz CT molecular complexity index is 366. The number of benzene rings is 1. The van der Waals surface area contributed by atoms with Gasteiger partial charge in [-0.1, -0.05) is 15.9 Å². The van der Waals surface area contributed by atoms with E-state index in [1.165, 1.54) is 0 Å². The summed E-state index contributed by atoms with van der Waals surface area (Å²) in [7, 11) is 0. The number of aromatic amines is 1. The van der Waals surface area contributed by atoms with E-state index in [0.29, 0.717) is 0 Å². The number of hydrogen-bond donors (Lipinski definition) is 2. The van der Waals surface area contributed by atoms with E-state index in [9.17, 15) is 0 Å². The maximum absolute atomic E-state index is 3.91. The topological polar surface area (TPSA) is 40.7 Å². The number of aromatic nitrogens is 2. The zero-order chi connectivity index (χ0) is 9.10. The van der Waals surface area contributed by atoms with Crippen LogP contribution in [-0.4, -0.2) is 9.97 Å². The SMILES string of the molecule is Brc1ccc(Nc2cnc[nH]2)cc1. The van der Waals surface area contributed by atoms with Crippen LogP contribution in [0.1, 0.15) is 0 Å². The van der Waals surface area contributed by atoms with Crippen molar-refractivity contribution in [2.24, 2.45) is 0 Å². The van der Waals surface area contributed by atoms with E-state index in [1.54, 1.807) is 12.5 Å². The van der Waals surface area contributed by atoms with Crippen molar-refractivity contribution in [3.05, 3.63) is 41.3 Å². The normalized spacial score (nSPS) is 9.92. The van der Waals surface area contributed by atoms with E-state index in [2.05, 4.69) is 31.2 Å². The van der Waals surface area contributed by atoms with Crippen LogP contribution in [0.5, 0.6) is 0 Å². The summed E-state index contributed by atoms with van der Waals surface area (Å²) in [6.07, 6.45) is 3.38. The molecule has 0 bridgehead atoms. The van der Waals surface area contributed by atoms with Gasteiger partial charge in [-0.25, -0.2) is 4.98 Å². The van der Waals surface area contributed by atoms with Crippen LogP contribution in [0.4, 0.5) is 11.5 Å². The predicted molar refractivity (Wildman–Crippen MR) is 56.0 cm³/mol. The Morgan fingerprint density at radius 1 is 1.23 bits per heavy atom. The summed E-state index contributed by atoms with van der Waals surface area (Å²) in [5.41, 5.74) is 1.03. The average Bonchev–Trinajstić information content (AvgIpc) is 2.62. The summed E-state index contributed by atoms with van der Waals surface area (Å²) < 4.78 is 1.07. The van der Waals surface area contributed by atoms with E-state index in [-0.39, 0.29) is 0 Å². The molecular formula is C9H8BrN3. The van der Waals surface area contributed by atoms with Crippen molar-refractivity contribution >= 4 is 27.4 Å². The molecule has 0 saturated carbocycles. The number of rotatable bonds is 2. The number of H-pyrrole nitrogens is 1. The van der Waals surface area contributed by atoms with E-state index in [4.69, 9.17) is 0 Å². The third kappa shape index (κ3) is 2.09. The molecule has 0 aliphatic carbocycles. The van der Waals surface area contributed by atoms with Crippen LogP contribution in [0.25, 0.3) is 0 Å². The summed E-state index contributed by atoms with van der Waals surface area (Å²) in [4.78, 5) is 6.87. The Morgan fingerprint density at radius 2 is 2.00 bits per heavy atom. The molecule has 0 radical (unpaired) electrons. The van der Waals surface area contributed by atoms with Crippen LogP contribution >= 0.6 is 15.9 Å². The maximum atomic E-state index is 3.91. The molecule has 0 amide bonds. The predicted octanol–water partition coefficient (Wildman–Crippen LogP) is 2.92. The minimum atomic E-state index is 0.891. The lowest BCUT2D eigenvalue weighted by Gasteiger charge is -2.02. The maximum Gasteiger partial charge on any atom is 0.127 e. The van der Waals surface area contributed by atoms with Crippen molar-refractivity contribution in [2.75, 3.05) is 5.32 Å². The Morgan fingerprint density at radius 3 is 2.62 bits per heavy atom. The molecule has 2 aromatic rings. The molecule has 4 heteroatoms. The number of nitrogens with zero attached hydrogens (tertiary/aromatic N) is 1. The Labute approximate surface area is 84.3 Å². The summed E-state index contributed by atoms with van der Waals surface area (Å²) >= 11 is 3.38. The van der Waals surface area contributed by atoms with Gasteiger partial charge in [-0.15, -0.1) is 0 Å². The van der Waals surface area contributed by atoms with Crippen LogP contribution in [0, 0.1) is 0 Å². The van der Waals surface area contributed by atoms with Gasteiger partial charge in [0, 0.05) is 10.2 Å². The monoisotopic (exact) mass is 237 g/mol. The highest BCUT2D eigenvalue weighted by Crippen LogP contribution is 2.16. The fourth-order valence-electron chi connectivity index (χ4n) is 1.01. The first-order valence-electron chi connectivity index (χ1n) is 3.85. The first-order chi connectivity index (χ1) is 6.34. The lowest BCUT2D eigenvalue weighted by atomic mass is 10.3. The quantitative estimate of drug-likeness (QED) is 0.844. The lowest BCUT2D eigenvalue weighted by Crippen LogP contribution is -1.88. The van der Waals surface area contributed by atoms with Crippen molar-refractivity contribution in [3.63, 3.8) is 0 Å². The Kier molecular flexibility index (Phi) is 2.31. The molecule has 1 heterocycles. The second-order valence-corrected chi connectivity index (χ2v) is 3.51. The van der Waals surface area contributed by atoms with Gasteiger partial charge < -0.3 is 10.3 Å². The van der Waals surface area contributed by atoms with Crippen molar-refractivity contribution in [3.8, 4) is 0 Å². The number of halogens is 1. The fourth-order valence-corrected chi connectivity index (χ4v) is 1.28. The van der Waals surface area contributed by atoms with Gasteiger partial charge in [0.25, 0.3) is 0 Å². The fraction of sp³-hybridized carbons (Fsp3) is 0. The molecule has 66 valence electrons. The lowest BCUT2D eigenvalue weighted by molar-refractivity contribution is 1.31. The standard InChI is InChI=1S/C9H8BrN3/c10-7-1-3-8(4-2-7)13-9-5-11-6-12-9/h1-6,13H,(H,11,12). The van der Waals surface area contributed by atoms with Gasteiger partial charge in [0.15, 0.2) is 0 Å². The summed E-state index contributed by atoms with van der Waals surface area (Å²) in [5.74, 6) is 0.891. The largest absolute Gasteiger partial charge is 0.340 e. The van der Waals surface area contributed by atoms with Crippen LogP contribution in [0.3, 0.4) is 0 Å². The molecular weight excluding hydrogens is 230 g/mol. The highest BCUT2D eigenvalue weighted by atomic mass is 79.9. The van der Waals surface area contributed by atoms with E-state index >= 15 is 0 Å². The first-order valence-corrected chi connectivity index (χ1v) is 4.65. The smallest absolute Gasteiger partial charge is 0.127 e.